The van der Waals surface area contributed by atoms with Gasteiger partial charge in [0.2, 0.25) is 11.8 Å². The molecular formula is C25H38Br2N2O5. The summed E-state index contributed by atoms with van der Waals surface area (Å²) in [6.07, 6.45) is 2.25. The van der Waals surface area contributed by atoms with E-state index in [0.29, 0.717) is 37.5 Å². The van der Waals surface area contributed by atoms with E-state index in [-0.39, 0.29) is 31.8 Å². The number of rotatable bonds is 10. The van der Waals surface area contributed by atoms with Crippen LogP contribution < -0.4 is 16.2 Å². The minimum atomic E-state index is -0.296. The first-order chi connectivity index (χ1) is 15.5. The number of amides is 2. The summed E-state index contributed by atoms with van der Waals surface area (Å²) in [6, 6.07) is 14.5. The third kappa shape index (κ3) is 20.5. The van der Waals surface area contributed by atoms with Gasteiger partial charge in [-0.2, -0.15) is 0 Å². The second kappa shape index (κ2) is 20.3. The zero-order chi connectivity index (χ0) is 25.2. The van der Waals surface area contributed by atoms with E-state index in [1.807, 2.05) is 38.1 Å². The van der Waals surface area contributed by atoms with Crippen LogP contribution in [0.1, 0.15) is 47.0 Å². The van der Waals surface area contributed by atoms with Crippen LogP contribution in [0.25, 0.3) is 0 Å². The van der Waals surface area contributed by atoms with E-state index in [0.717, 1.165) is 21.1 Å². The number of nitrogens with two attached hydrogens (primary N) is 2. The third-order valence-electron chi connectivity index (χ3n) is 4.25. The molecule has 0 fully saturated rings. The van der Waals surface area contributed by atoms with Crippen molar-refractivity contribution in [2.75, 3.05) is 13.2 Å². The van der Waals surface area contributed by atoms with Crippen LogP contribution in [0.2, 0.25) is 0 Å². The molecule has 6 N–H and O–H groups in total. The molecule has 192 valence electrons. The maximum absolute atomic E-state index is 10.6. The van der Waals surface area contributed by atoms with E-state index in [9.17, 15) is 9.59 Å². The smallest absolute Gasteiger partial charge is 0.217 e. The molecule has 0 saturated carbocycles. The molecule has 0 aliphatic carbocycles. The van der Waals surface area contributed by atoms with Gasteiger partial charge in [0.05, 0.1) is 6.61 Å². The Balaban J connectivity index is 0. The number of aromatic hydroxyl groups is 1. The first kappa shape index (κ1) is 34.1. The van der Waals surface area contributed by atoms with E-state index in [1.165, 1.54) is 0 Å². The summed E-state index contributed by atoms with van der Waals surface area (Å²) in [5.41, 5.74) is 9.95. The Morgan fingerprint density at radius 1 is 0.853 bits per heavy atom. The Morgan fingerprint density at radius 2 is 1.26 bits per heavy atom. The van der Waals surface area contributed by atoms with Gasteiger partial charge in [0.1, 0.15) is 11.5 Å². The summed E-state index contributed by atoms with van der Waals surface area (Å²) in [6.45, 7) is 4.66. The molecule has 0 aliphatic heterocycles. The molecule has 0 spiro atoms. The van der Waals surface area contributed by atoms with Crippen LogP contribution in [0.5, 0.6) is 11.5 Å². The Labute approximate surface area is 220 Å². The molecule has 2 amide bonds. The molecule has 0 bridgehead atoms. The van der Waals surface area contributed by atoms with Crippen LogP contribution in [0.3, 0.4) is 0 Å². The van der Waals surface area contributed by atoms with Gasteiger partial charge in [0.15, 0.2) is 0 Å². The van der Waals surface area contributed by atoms with Crippen molar-refractivity contribution in [3.8, 4) is 11.5 Å². The minimum absolute atomic E-state index is 0. The van der Waals surface area contributed by atoms with Gasteiger partial charge in [-0.25, -0.2) is 0 Å². The normalized spacial score (nSPS) is 11.3. The van der Waals surface area contributed by atoms with Gasteiger partial charge in [-0.3, -0.25) is 9.59 Å². The number of phenols is 1. The number of hydrogen-bond acceptors (Lipinski definition) is 5. The molecule has 0 aromatic heterocycles. The van der Waals surface area contributed by atoms with Gasteiger partial charge < -0.3 is 26.4 Å². The lowest BCUT2D eigenvalue weighted by molar-refractivity contribution is -0.119. The molecule has 2 atom stereocenters. The van der Waals surface area contributed by atoms with Gasteiger partial charge in [0.25, 0.3) is 0 Å². The fourth-order valence-electron chi connectivity index (χ4n) is 2.16. The number of benzene rings is 2. The third-order valence-corrected chi connectivity index (χ3v) is 5.31. The average molecular weight is 606 g/mol. The number of aliphatic hydroxyl groups excluding tert-OH is 1. The fourth-order valence-corrected chi connectivity index (χ4v) is 2.69. The summed E-state index contributed by atoms with van der Waals surface area (Å²) < 4.78 is 7.59. The molecule has 2 aromatic carbocycles. The molecule has 0 radical (unpaired) electrons. The first-order valence-corrected chi connectivity index (χ1v) is 12.1. The highest BCUT2D eigenvalue weighted by molar-refractivity contribution is 9.10. The van der Waals surface area contributed by atoms with Crippen molar-refractivity contribution in [2.45, 2.75) is 47.0 Å². The SMILES string of the molecule is C.C[C@@H](CCC(N)=O)COc1ccc(Br)cc1.C[C@H](CO)CCC(N)=O.Oc1ccc(Br)cc1. The lowest BCUT2D eigenvalue weighted by atomic mass is 10.1. The van der Waals surface area contributed by atoms with Gasteiger partial charge >= 0.3 is 0 Å². The van der Waals surface area contributed by atoms with Crippen LogP contribution in [-0.4, -0.2) is 35.2 Å². The fraction of sp³-hybridized carbons (Fsp3) is 0.440. The first-order valence-electron chi connectivity index (χ1n) is 10.5. The van der Waals surface area contributed by atoms with Crippen molar-refractivity contribution in [3.05, 3.63) is 57.5 Å². The summed E-state index contributed by atoms with van der Waals surface area (Å²) in [5.74, 6) is 1.11. The second-order valence-electron chi connectivity index (χ2n) is 7.64. The Kier molecular flexibility index (Phi) is 20.3. The van der Waals surface area contributed by atoms with Crippen molar-refractivity contribution in [3.63, 3.8) is 0 Å². The number of carbonyl (C=O) groups is 2. The van der Waals surface area contributed by atoms with Crippen LogP contribution in [0, 0.1) is 11.8 Å². The largest absolute Gasteiger partial charge is 0.508 e. The molecule has 9 heteroatoms. The number of primary amides is 2. The highest BCUT2D eigenvalue weighted by Gasteiger charge is 2.05. The minimum Gasteiger partial charge on any atom is -0.508 e. The lowest BCUT2D eigenvalue weighted by Gasteiger charge is -2.12. The van der Waals surface area contributed by atoms with Crippen LogP contribution in [-0.2, 0) is 9.59 Å². The number of hydrogen-bond donors (Lipinski definition) is 4. The highest BCUT2D eigenvalue weighted by Crippen LogP contribution is 2.17. The molecule has 0 aliphatic rings. The number of halogens is 2. The Morgan fingerprint density at radius 3 is 1.65 bits per heavy atom. The van der Waals surface area contributed by atoms with E-state index in [4.69, 9.17) is 26.4 Å². The lowest BCUT2D eigenvalue weighted by Crippen LogP contribution is -2.15. The molecule has 2 aromatic rings. The van der Waals surface area contributed by atoms with Gasteiger partial charge in [-0.15, -0.1) is 0 Å². The van der Waals surface area contributed by atoms with Crippen molar-refractivity contribution in [1.82, 2.24) is 0 Å². The molecule has 2 rings (SSSR count). The van der Waals surface area contributed by atoms with E-state index >= 15 is 0 Å². The van der Waals surface area contributed by atoms with Crippen molar-refractivity contribution in [1.29, 1.82) is 0 Å². The van der Waals surface area contributed by atoms with Crippen molar-refractivity contribution >= 4 is 43.7 Å². The number of aliphatic hydroxyl groups is 1. The van der Waals surface area contributed by atoms with Crippen LogP contribution in [0.4, 0.5) is 0 Å². The molecule has 0 saturated heterocycles. The zero-order valence-electron chi connectivity index (χ0n) is 19.0. The molecule has 7 nitrogen and oxygen atoms in total. The summed E-state index contributed by atoms with van der Waals surface area (Å²) in [7, 11) is 0. The van der Waals surface area contributed by atoms with Crippen LogP contribution in [0.15, 0.2) is 57.5 Å². The summed E-state index contributed by atoms with van der Waals surface area (Å²) in [4.78, 5) is 20.8. The van der Waals surface area contributed by atoms with Gasteiger partial charge in [-0.1, -0.05) is 53.1 Å². The predicted molar refractivity (Wildman–Crippen MR) is 144 cm³/mol. The molecule has 34 heavy (non-hydrogen) atoms. The molecule has 0 unspecified atom stereocenters. The average Bonchev–Trinajstić information content (AvgIpc) is 2.78. The van der Waals surface area contributed by atoms with Gasteiger partial charge in [0, 0.05) is 28.4 Å². The molecular weight excluding hydrogens is 568 g/mol. The number of carbonyl (C=O) groups excluding carboxylic acids is 2. The second-order valence-corrected chi connectivity index (χ2v) is 9.48. The predicted octanol–water partition coefficient (Wildman–Crippen LogP) is 5.40. The topological polar surface area (TPSA) is 136 Å². The molecule has 0 heterocycles. The maximum atomic E-state index is 10.6. The van der Waals surface area contributed by atoms with Crippen molar-refractivity contribution in [2.24, 2.45) is 23.3 Å². The van der Waals surface area contributed by atoms with Crippen molar-refractivity contribution < 1.29 is 24.5 Å². The summed E-state index contributed by atoms with van der Waals surface area (Å²) in [5, 5.41) is 17.2. The van der Waals surface area contributed by atoms with Gasteiger partial charge in [-0.05, 0) is 73.2 Å². The quantitative estimate of drug-likeness (QED) is 0.287. The highest BCUT2D eigenvalue weighted by atomic mass is 79.9. The van der Waals surface area contributed by atoms with E-state index < -0.39 is 0 Å². The Bertz CT molecular complexity index is 781. The summed E-state index contributed by atoms with van der Waals surface area (Å²) >= 11 is 6.59. The van der Waals surface area contributed by atoms with E-state index in [1.54, 1.807) is 24.3 Å². The maximum Gasteiger partial charge on any atom is 0.217 e. The number of phenolic OH excluding ortho intramolecular Hbond substituents is 1. The van der Waals surface area contributed by atoms with Crippen LogP contribution >= 0.6 is 31.9 Å². The number of ether oxygens (including phenoxy) is 1. The standard InChI is InChI=1S/C12H16BrNO2.C6H5BrO.C6H13NO2.CH4/c1-9(2-7-12(14)15)8-16-11-5-3-10(13)4-6-11;7-5-1-3-6(8)4-2-5;1-5(4-8)2-3-6(7)9;/h3-6,9H,2,7-8H2,1H3,(H2,14,15);1-4,8H;5,8H,2-4H2,1H3,(H2,7,9);1H4/t9-;;5-;/m0.0./s1. The monoisotopic (exact) mass is 604 g/mol. The zero-order valence-corrected chi connectivity index (χ0v) is 22.2. The van der Waals surface area contributed by atoms with E-state index in [2.05, 4.69) is 31.9 Å². The Hall–Kier alpha value is -2.10.